The zero-order valence-corrected chi connectivity index (χ0v) is 20.4. The molecule has 174 valence electrons. The molecule has 0 saturated heterocycles. The monoisotopic (exact) mass is 465 g/mol. The third kappa shape index (κ3) is 6.21. The number of carbonyl (C=O) groups excluding carboxylic acids is 1. The topological polar surface area (TPSA) is 78.5 Å². The molecular weight excluding hydrogens is 434 g/mol. The van der Waals surface area contributed by atoms with Crippen molar-refractivity contribution in [1.29, 1.82) is 0 Å². The molecule has 0 heterocycles. The molecule has 33 heavy (non-hydrogen) atoms. The van der Waals surface area contributed by atoms with E-state index in [1.54, 1.807) is 24.3 Å². The molecule has 0 bridgehead atoms. The Kier molecular flexibility index (Phi) is 7.89. The molecule has 0 aliphatic heterocycles. The van der Waals surface area contributed by atoms with Gasteiger partial charge in [0, 0.05) is 17.8 Å². The van der Waals surface area contributed by atoms with E-state index in [2.05, 4.69) is 28.8 Å². The van der Waals surface area contributed by atoms with Crippen LogP contribution in [-0.2, 0) is 16.6 Å². The molecule has 0 radical (unpaired) electrons. The summed E-state index contributed by atoms with van der Waals surface area (Å²) in [4.78, 5) is 15.0. The maximum absolute atomic E-state index is 12.8. The van der Waals surface area contributed by atoms with Gasteiger partial charge < -0.3 is 5.32 Å². The molecule has 0 unspecified atom stereocenters. The fourth-order valence-electron chi connectivity index (χ4n) is 3.56. The number of sulfonamides is 1. The predicted molar refractivity (Wildman–Crippen MR) is 134 cm³/mol. The third-order valence-electron chi connectivity index (χ3n) is 5.66. The number of para-hydroxylation sites is 1. The van der Waals surface area contributed by atoms with Gasteiger partial charge in [0.1, 0.15) is 0 Å². The van der Waals surface area contributed by atoms with Crippen LogP contribution in [0.1, 0.15) is 40.9 Å². The first-order valence-electron chi connectivity index (χ1n) is 11.0. The van der Waals surface area contributed by atoms with E-state index in [4.69, 9.17) is 0 Å². The third-order valence-corrected chi connectivity index (χ3v) is 7.02. The van der Waals surface area contributed by atoms with E-state index in [1.807, 2.05) is 44.2 Å². The van der Waals surface area contributed by atoms with Crippen molar-refractivity contribution in [1.82, 2.24) is 4.90 Å². The van der Waals surface area contributed by atoms with Crippen LogP contribution in [0.2, 0.25) is 0 Å². The molecule has 3 aromatic rings. The molecule has 0 spiro atoms. The average molecular weight is 466 g/mol. The van der Waals surface area contributed by atoms with Crippen LogP contribution in [0.15, 0.2) is 71.6 Å². The number of amides is 1. The van der Waals surface area contributed by atoms with Crippen molar-refractivity contribution in [2.45, 2.75) is 39.1 Å². The summed E-state index contributed by atoms with van der Waals surface area (Å²) >= 11 is 0. The second kappa shape index (κ2) is 10.6. The van der Waals surface area contributed by atoms with Gasteiger partial charge in [-0.3, -0.25) is 14.4 Å². The van der Waals surface area contributed by atoms with Crippen molar-refractivity contribution in [2.75, 3.05) is 23.1 Å². The van der Waals surface area contributed by atoms with Crippen LogP contribution in [0, 0.1) is 13.8 Å². The second-order valence-corrected chi connectivity index (χ2v) is 9.69. The Morgan fingerprint density at radius 3 is 1.97 bits per heavy atom. The molecule has 0 aliphatic rings. The Bertz CT molecular complexity index is 1180. The molecular formula is C26H31N3O3S. The maximum Gasteiger partial charge on any atom is 0.261 e. The van der Waals surface area contributed by atoms with Crippen molar-refractivity contribution in [3.8, 4) is 0 Å². The van der Waals surface area contributed by atoms with Crippen molar-refractivity contribution < 1.29 is 13.2 Å². The molecule has 0 aliphatic carbocycles. The molecule has 6 nitrogen and oxygen atoms in total. The molecule has 3 rings (SSSR count). The lowest BCUT2D eigenvalue weighted by atomic mass is 10.1. The number of anilines is 2. The molecule has 0 aromatic heterocycles. The molecule has 0 saturated carbocycles. The van der Waals surface area contributed by atoms with Crippen LogP contribution in [0.3, 0.4) is 0 Å². The fourth-order valence-corrected chi connectivity index (χ4v) is 4.76. The molecule has 0 atom stereocenters. The van der Waals surface area contributed by atoms with Crippen LogP contribution >= 0.6 is 0 Å². The summed E-state index contributed by atoms with van der Waals surface area (Å²) in [5.74, 6) is -0.242. The minimum Gasteiger partial charge on any atom is -0.322 e. The number of nitrogens with one attached hydrogen (secondary N) is 2. The van der Waals surface area contributed by atoms with E-state index >= 15 is 0 Å². The van der Waals surface area contributed by atoms with Gasteiger partial charge in [-0.25, -0.2) is 8.42 Å². The fraction of sp³-hybridized carbons (Fsp3) is 0.269. The molecule has 3 aromatic carbocycles. The van der Waals surface area contributed by atoms with Crippen molar-refractivity contribution in [3.63, 3.8) is 0 Å². The van der Waals surface area contributed by atoms with Gasteiger partial charge in [-0.1, -0.05) is 44.2 Å². The van der Waals surface area contributed by atoms with Gasteiger partial charge in [-0.05, 0) is 80.0 Å². The lowest BCUT2D eigenvalue weighted by Crippen LogP contribution is -2.22. The lowest BCUT2D eigenvalue weighted by Gasteiger charge is -2.18. The van der Waals surface area contributed by atoms with E-state index in [1.165, 1.54) is 12.1 Å². The average Bonchev–Trinajstić information content (AvgIpc) is 2.80. The van der Waals surface area contributed by atoms with E-state index < -0.39 is 10.0 Å². The Balaban J connectivity index is 1.67. The van der Waals surface area contributed by atoms with E-state index in [-0.39, 0.29) is 10.8 Å². The molecule has 7 heteroatoms. The minimum absolute atomic E-state index is 0.129. The number of hydrogen-bond donors (Lipinski definition) is 2. The number of rotatable bonds is 9. The normalized spacial score (nSPS) is 11.4. The first-order chi connectivity index (χ1) is 15.7. The Morgan fingerprint density at radius 1 is 0.848 bits per heavy atom. The van der Waals surface area contributed by atoms with Crippen molar-refractivity contribution in [2.24, 2.45) is 0 Å². The van der Waals surface area contributed by atoms with Gasteiger partial charge >= 0.3 is 0 Å². The summed E-state index contributed by atoms with van der Waals surface area (Å²) < 4.78 is 28.3. The highest BCUT2D eigenvalue weighted by atomic mass is 32.2. The Labute approximate surface area is 196 Å². The first kappa shape index (κ1) is 24.5. The zero-order chi connectivity index (χ0) is 24.0. The highest BCUT2D eigenvalue weighted by molar-refractivity contribution is 7.92. The first-order valence-corrected chi connectivity index (χ1v) is 12.5. The van der Waals surface area contributed by atoms with Crippen LogP contribution in [0.25, 0.3) is 0 Å². The van der Waals surface area contributed by atoms with E-state index in [0.29, 0.717) is 16.9 Å². The zero-order valence-electron chi connectivity index (χ0n) is 19.6. The van der Waals surface area contributed by atoms with Gasteiger partial charge in [0.15, 0.2) is 0 Å². The number of carbonyl (C=O) groups is 1. The quantitative estimate of drug-likeness (QED) is 0.455. The van der Waals surface area contributed by atoms with Crippen LogP contribution in [-0.4, -0.2) is 32.3 Å². The number of hydrogen-bond acceptors (Lipinski definition) is 4. The Hall–Kier alpha value is -3.16. The SMILES string of the molecule is CCN(CC)Cc1ccc(C(=O)Nc2ccc(S(=O)(=O)Nc3c(C)cccc3C)cc2)cc1. The summed E-state index contributed by atoms with van der Waals surface area (Å²) in [6.07, 6.45) is 0. The van der Waals surface area contributed by atoms with Gasteiger partial charge in [0.2, 0.25) is 0 Å². The summed E-state index contributed by atoms with van der Waals surface area (Å²) in [5.41, 5.74) is 4.52. The predicted octanol–water partition coefficient (Wildman–Crippen LogP) is 5.20. The lowest BCUT2D eigenvalue weighted by molar-refractivity contribution is 0.102. The summed E-state index contributed by atoms with van der Waals surface area (Å²) in [6.45, 7) is 10.8. The highest BCUT2D eigenvalue weighted by Crippen LogP contribution is 2.24. The van der Waals surface area contributed by atoms with E-state index in [9.17, 15) is 13.2 Å². The molecule has 0 fully saturated rings. The number of benzene rings is 3. The minimum atomic E-state index is -3.74. The number of nitrogens with zero attached hydrogens (tertiary/aromatic N) is 1. The van der Waals surface area contributed by atoms with Crippen LogP contribution in [0.4, 0.5) is 11.4 Å². The van der Waals surface area contributed by atoms with Gasteiger partial charge in [-0.2, -0.15) is 0 Å². The van der Waals surface area contributed by atoms with Crippen molar-refractivity contribution >= 4 is 27.3 Å². The number of aryl methyl sites for hydroxylation is 2. The summed E-state index contributed by atoms with van der Waals surface area (Å²) in [7, 11) is -3.74. The van der Waals surface area contributed by atoms with Crippen LogP contribution in [0.5, 0.6) is 0 Å². The van der Waals surface area contributed by atoms with Gasteiger partial charge in [0.05, 0.1) is 10.6 Å². The largest absolute Gasteiger partial charge is 0.322 e. The van der Waals surface area contributed by atoms with Gasteiger partial charge in [0.25, 0.3) is 15.9 Å². The Morgan fingerprint density at radius 2 is 1.42 bits per heavy atom. The van der Waals surface area contributed by atoms with Crippen LogP contribution < -0.4 is 10.0 Å². The molecule has 1 amide bonds. The maximum atomic E-state index is 12.8. The smallest absolute Gasteiger partial charge is 0.261 e. The van der Waals surface area contributed by atoms with Crippen molar-refractivity contribution in [3.05, 3.63) is 89.0 Å². The summed E-state index contributed by atoms with van der Waals surface area (Å²) in [5, 5.41) is 2.82. The second-order valence-electron chi connectivity index (χ2n) is 8.01. The summed E-state index contributed by atoms with van der Waals surface area (Å²) in [6, 6.07) is 19.3. The highest BCUT2D eigenvalue weighted by Gasteiger charge is 2.17. The molecule has 2 N–H and O–H groups in total. The standard InChI is InChI=1S/C26H31N3O3S/c1-5-29(6-2)18-21-10-12-22(13-11-21)26(30)27-23-14-16-24(17-15-23)33(31,32)28-25-19(3)8-7-9-20(25)4/h7-17,28H,5-6,18H2,1-4H3,(H,27,30). The van der Waals surface area contributed by atoms with Gasteiger partial charge in [-0.15, -0.1) is 0 Å². The van der Waals surface area contributed by atoms with E-state index in [0.717, 1.165) is 36.3 Å².